The van der Waals surface area contributed by atoms with E-state index in [0.29, 0.717) is 0 Å². The molecule has 0 aliphatic rings. The minimum absolute atomic E-state index is 0.130. The maximum atomic E-state index is 13.7. The van der Waals surface area contributed by atoms with Crippen LogP contribution in [-0.2, 0) is 0 Å². The molecule has 3 nitrogen and oxygen atoms in total. The van der Waals surface area contributed by atoms with E-state index < -0.39 is 0 Å². The number of rotatable bonds is 2. The van der Waals surface area contributed by atoms with Gasteiger partial charge in [0.05, 0.1) is 0 Å². The van der Waals surface area contributed by atoms with E-state index in [-0.39, 0.29) is 11.4 Å². The summed E-state index contributed by atoms with van der Waals surface area (Å²) in [6.07, 6.45) is 0. The van der Waals surface area contributed by atoms with Crippen LogP contribution in [0.5, 0.6) is 0 Å². The van der Waals surface area contributed by atoms with Crippen LogP contribution in [0.2, 0.25) is 0 Å². The van der Waals surface area contributed by atoms with Crippen LogP contribution in [0.25, 0.3) is 16.9 Å². The molecule has 0 aliphatic heterocycles. The van der Waals surface area contributed by atoms with Gasteiger partial charge in [0.2, 0.25) is 0 Å². The molecule has 0 atom stereocenters. The zero-order valence-corrected chi connectivity index (χ0v) is 14.2. The van der Waals surface area contributed by atoms with E-state index in [0.717, 1.165) is 34.0 Å². The predicted octanol–water partition coefficient (Wildman–Crippen LogP) is 4.97. The van der Waals surface area contributed by atoms with Crippen LogP contribution in [0.15, 0.2) is 36.4 Å². The monoisotopic (exact) mass is 311 g/mol. The normalized spacial score (nSPS) is 11.9. The summed E-state index contributed by atoms with van der Waals surface area (Å²) in [7, 11) is 0. The van der Waals surface area contributed by atoms with Gasteiger partial charge >= 0.3 is 0 Å². The second-order valence-corrected chi connectivity index (χ2v) is 7.06. The van der Waals surface area contributed by atoms with Crippen LogP contribution in [-0.4, -0.2) is 14.9 Å². The highest BCUT2D eigenvalue weighted by Crippen LogP contribution is 2.32. The van der Waals surface area contributed by atoms with E-state index in [4.69, 9.17) is 4.98 Å². The zero-order valence-electron chi connectivity index (χ0n) is 14.2. The Hall–Kier alpha value is -2.36. The summed E-state index contributed by atoms with van der Waals surface area (Å²) >= 11 is 0. The molecule has 2 heterocycles. The van der Waals surface area contributed by atoms with Crippen molar-refractivity contribution in [1.82, 2.24) is 9.38 Å². The van der Waals surface area contributed by atoms with Gasteiger partial charge < -0.3 is 5.32 Å². The third kappa shape index (κ3) is 3.07. The molecular formula is C19H22FN3. The Bertz CT molecular complexity index is 872. The molecule has 23 heavy (non-hydrogen) atoms. The van der Waals surface area contributed by atoms with Gasteiger partial charge in [-0.15, -0.1) is 0 Å². The first-order valence-electron chi connectivity index (χ1n) is 7.78. The Morgan fingerprint density at radius 3 is 2.48 bits per heavy atom. The number of fused-ring (bicyclic) bond motifs is 1. The van der Waals surface area contributed by atoms with E-state index >= 15 is 0 Å². The molecule has 0 spiro atoms. The minimum atomic E-state index is -0.255. The third-order valence-corrected chi connectivity index (χ3v) is 3.64. The lowest BCUT2D eigenvalue weighted by Crippen LogP contribution is -2.27. The molecule has 4 heteroatoms. The fourth-order valence-corrected chi connectivity index (χ4v) is 2.84. The Labute approximate surface area is 136 Å². The number of pyridine rings is 1. The van der Waals surface area contributed by atoms with Gasteiger partial charge in [-0.3, -0.25) is 4.40 Å². The average Bonchev–Trinajstić information content (AvgIpc) is 2.75. The van der Waals surface area contributed by atoms with Gasteiger partial charge in [-0.2, -0.15) is 0 Å². The third-order valence-electron chi connectivity index (χ3n) is 3.64. The molecule has 1 aromatic carbocycles. The van der Waals surface area contributed by atoms with Crippen LogP contribution in [0, 0.1) is 19.7 Å². The topological polar surface area (TPSA) is 29.3 Å². The molecule has 0 fully saturated rings. The SMILES string of the molecule is Cc1cc(C)n2c(NC(C)(C)C)c(-c3cccc(F)c3)nc2c1. The van der Waals surface area contributed by atoms with Gasteiger partial charge in [0, 0.05) is 16.8 Å². The van der Waals surface area contributed by atoms with Crippen molar-refractivity contribution in [2.24, 2.45) is 0 Å². The highest BCUT2D eigenvalue weighted by Gasteiger charge is 2.20. The number of imidazole rings is 1. The van der Waals surface area contributed by atoms with E-state index in [2.05, 4.69) is 50.4 Å². The Morgan fingerprint density at radius 2 is 1.83 bits per heavy atom. The predicted molar refractivity (Wildman–Crippen MR) is 93.4 cm³/mol. The largest absolute Gasteiger partial charge is 0.365 e. The van der Waals surface area contributed by atoms with E-state index in [1.807, 2.05) is 12.1 Å². The number of nitrogens with one attached hydrogen (secondary N) is 1. The lowest BCUT2D eigenvalue weighted by molar-refractivity contribution is 0.627. The summed E-state index contributed by atoms with van der Waals surface area (Å²) in [6, 6.07) is 10.7. The van der Waals surface area contributed by atoms with Gasteiger partial charge in [-0.05, 0) is 64.4 Å². The molecule has 3 aromatic rings. The standard InChI is InChI=1S/C19H22FN3/c1-12-9-13(2)23-16(10-12)21-17(18(23)22-19(3,4)5)14-7-6-8-15(20)11-14/h6-11,22H,1-5H3. The molecule has 0 bridgehead atoms. The fraction of sp³-hybridized carbons (Fsp3) is 0.316. The van der Waals surface area contributed by atoms with E-state index in [1.54, 1.807) is 6.07 Å². The molecule has 1 N–H and O–H groups in total. The number of halogens is 1. The molecule has 0 unspecified atom stereocenters. The second kappa shape index (κ2) is 5.37. The quantitative estimate of drug-likeness (QED) is 0.724. The Kier molecular flexibility index (Phi) is 3.63. The average molecular weight is 311 g/mol. The van der Waals surface area contributed by atoms with E-state index in [9.17, 15) is 4.39 Å². The van der Waals surface area contributed by atoms with E-state index in [1.165, 1.54) is 12.1 Å². The van der Waals surface area contributed by atoms with Gasteiger partial charge in [0.15, 0.2) is 0 Å². The first-order valence-corrected chi connectivity index (χ1v) is 7.78. The number of hydrogen-bond donors (Lipinski definition) is 1. The fourth-order valence-electron chi connectivity index (χ4n) is 2.84. The lowest BCUT2D eigenvalue weighted by Gasteiger charge is -2.23. The highest BCUT2D eigenvalue weighted by atomic mass is 19.1. The molecule has 0 aliphatic carbocycles. The van der Waals surface area contributed by atoms with Crippen LogP contribution in [0.4, 0.5) is 10.2 Å². The number of aryl methyl sites for hydroxylation is 2. The van der Waals surface area contributed by atoms with Crippen molar-refractivity contribution in [3.05, 3.63) is 53.5 Å². The molecule has 0 radical (unpaired) electrons. The Morgan fingerprint density at radius 1 is 1.09 bits per heavy atom. The smallest absolute Gasteiger partial charge is 0.139 e. The molecule has 0 saturated heterocycles. The van der Waals surface area contributed by atoms with Crippen LogP contribution >= 0.6 is 0 Å². The summed E-state index contributed by atoms with van der Waals surface area (Å²) in [5, 5.41) is 3.53. The molecule has 0 saturated carbocycles. The van der Waals surface area contributed by atoms with Crippen LogP contribution < -0.4 is 5.32 Å². The number of hydrogen-bond acceptors (Lipinski definition) is 2. The zero-order chi connectivity index (χ0) is 16.8. The summed E-state index contributed by atoms with van der Waals surface area (Å²) in [5.41, 5.74) is 4.55. The Balaban J connectivity index is 2.32. The molecule has 3 rings (SSSR count). The summed E-state index contributed by atoms with van der Waals surface area (Å²) in [6.45, 7) is 10.4. The van der Waals surface area contributed by atoms with Crippen molar-refractivity contribution in [2.75, 3.05) is 5.32 Å². The van der Waals surface area contributed by atoms with Gasteiger partial charge in [-0.1, -0.05) is 12.1 Å². The molecule has 120 valence electrons. The molecule has 0 amide bonds. The first kappa shape index (κ1) is 15.5. The van der Waals surface area contributed by atoms with Crippen molar-refractivity contribution >= 4 is 11.5 Å². The number of benzene rings is 1. The summed E-state index contributed by atoms with van der Waals surface area (Å²) in [4.78, 5) is 4.76. The van der Waals surface area contributed by atoms with Crippen molar-refractivity contribution in [2.45, 2.75) is 40.2 Å². The van der Waals surface area contributed by atoms with Crippen molar-refractivity contribution in [3.8, 4) is 11.3 Å². The maximum absolute atomic E-state index is 13.7. The molecule has 2 aromatic heterocycles. The van der Waals surface area contributed by atoms with Crippen LogP contribution in [0.3, 0.4) is 0 Å². The maximum Gasteiger partial charge on any atom is 0.139 e. The lowest BCUT2D eigenvalue weighted by atomic mass is 10.1. The van der Waals surface area contributed by atoms with Crippen molar-refractivity contribution in [1.29, 1.82) is 0 Å². The first-order chi connectivity index (χ1) is 10.7. The van der Waals surface area contributed by atoms with Crippen LogP contribution in [0.1, 0.15) is 32.0 Å². The van der Waals surface area contributed by atoms with Crippen molar-refractivity contribution in [3.63, 3.8) is 0 Å². The highest BCUT2D eigenvalue weighted by molar-refractivity contribution is 5.77. The van der Waals surface area contributed by atoms with Gasteiger partial charge in [0.1, 0.15) is 23.0 Å². The summed E-state index contributed by atoms with van der Waals surface area (Å²) < 4.78 is 15.8. The number of anilines is 1. The summed E-state index contributed by atoms with van der Waals surface area (Å²) in [5.74, 6) is 0.643. The van der Waals surface area contributed by atoms with Crippen molar-refractivity contribution < 1.29 is 4.39 Å². The minimum Gasteiger partial charge on any atom is -0.365 e. The van der Waals surface area contributed by atoms with Gasteiger partial charge in [-0.25, -0.2) is 9.37 Å². The number of aromatic nitrogens is 2. The number of nitrogens with zero attached hydrogens (tertiary/aromatic N) is 2. The molecular weight excluding hydrogens is 289 g/mol. The second-order valence-electron chi connectivity index (χ2n) is 7.06. The van der Waals surface area contributed by atoms with Gasteiger partial charge in [0.25, 0.3) is 0 Å².